The highest BCUT2D eigenvalue weighted by Crippen LogP contribution is 2.40. The van der Waals surface area contributed by atoms with Gasteiger partial charge < -0.3 is 19.5 Å². The van der Waals surface area contributed by atoms with E-state index < -0.39 is 10.0 Å². The van der Waals surface area contributed by atoms with Crippen LogP contribution in [0.1, 0.15) is 26.2 Å². The van der Waals surface area contributed by atoms with Crippen molar-refractivity contribution in [3.05, 3.63) is 12.1 Å². The van der Waals surface area contributed by atoms with E-state index in [1.54, 1.807) is 19.1 Å². The van der Waals surface area contributed by atoms with E-state index >= 15 is 0 Å². The third-order valence-electron chi connectivity index (χ3n) is 4.68. The van der Waals surface area contributed by atoms with Crippen LogP contribution in [0.2, 0.25) is 0 Å². The Morgan fingerprint density at radius 2 is 2.08 bits per heavy atom. The second kappa shape index (κ2) is 7.71. The molecule has 144 valence electrons. The number of methoxy groups -OCH3 is 1. The van der Waals surface area contributed by atoms with Gasteiger partial charge >= 0.3 is 0 Å². The van der Waals surface area contributed by atoms with Crippen LogP contribution in [0.3, 0.4) is 0 Å². The van der Waals surface area contributed by atoms with Gasteiger partial charge in [-0.2, -0.15) is 0 Å². The molecule has 8 nitrogen and oxygen atoms in total. The van der Waals surface area contributed by atoms with Gasteiger partial charge in [0.25, 0.3) is 0 Å². The molecule has 26 heavy (non-hydrogen) atoms. The maximum absolute atomic E-state index is 12.5. The average Bonchev–Trinajstić information content (AvgIpc) is 3.08. The third kappa shape index (κ3) is 4.04. The fourth-order valence-electron chi connectivity index (χ4n) is 3.28. The molecular formula is C17H24N2O6S. The number of ether oxygens (including phenoxy) is 3. The van der Waals surface area contributed by atoms with Crippen LogP contribution in [0.5, 0.6) is 17.2 Å². The van der Waals surface area contributed by atoms with Gasteiger partial charge in [0.15, 0.2) is 11.5 Å². The van der Waals surface area contributed by atoms with Gasteiger partial charge in [-0.1, -0.05) is 0 Å². The van der Waals surface area contributed by atoms with Gasteiger partial charge in [0.05, 0.1) is 18.6 Å². The van der Waals surface area contributed by atoms with Crippen LogP contribution in [0.15, 0.2) is 12.1 Å². The quantitative estimate of drug-likeness (QED) is 0.804. The van der Waals surface area contributed by atoms with Crippen molar-refractivity contribution in [2.24, 2.45) is 5.92 Å². The molecule has 1 aromatic rings. The molecule has 0 saturated carbocycles. The first-order valence-electron chi connectivity index (χ1n) is 8.68. The van der Waals surface area contributed by atoms with Crippen molar-refractivity contribution < 1.29 is 27.4 Å². The number of rotatable bonds is 6. The van der Waals surface area contributed by atoms with E-state index in [-0.39, 0.29) is 30.8 Å². The SMILES string of the molecule is CCS(=O)(=O)N1CCCC(CC(=O)Nc2cc3c(cc2OC)OCO3)C1. The highest BCUT2D eigenvalue weighted by atomic mass is 32.2. The van der Waals surface area contributed by atoms with Crippen molar-refractivity contribution in [3.63, 3.8) is 0 Å². The van der Waals surface area contributed by atoms with Gasteiger partial charge in [-0.25, -0.2) is 12.7 Å². The Bertz CT molecular complexity index is 780. The lowest BCUT2D eigenvalue weighted by atomic mass is 9.96. The van der Waals surface area contributed by atoms with Gasteiger partial charge in [0.2, 0.25) is 22.7 Å². The molecule has 9 heteroatoms. The Morgan fingerprint density at radius 3 is 2.77 bits per heavy atom. The van der Waals surface area contributed by atoms with E-state index in [1.807, 2.05) is 0 Å². The molecule has 2 heterocycles. The van der Waals surface area contributed by atoms with E-state index in [1.165, 1.54) is 11.4 Å². The number of hydrogen-bond acceptors (Lipinski definition) is 6. The zero-order valence-corrected chi connectivity index (χ0v) is 15.8. The number of sulfonamides is 1. The Hall–Kier alpha value is -2.00. The monoisotopic (exact) mass is 384 g/mol. The van der Waals surface area contributed by atoms with E-state index in [2.05, 4.69) is 5.32 Å². The van der Waals surface area contributed by atoms with E-state index in [0.717, 1.165) is 12.8 Å². The molecule has 1 unspecified atom stereocenters. The molecule has 2 aliphatic rings. The fraction of sp³-hybridized carbons (Fsp3) is 0.588. The highest BCUT2D eigenvalue weighted by Gasteiger charge is 2.29. The summed E-state index contributed by atoms with van der Waals surface area (Å²) < 4.78 is 41.5. The smallest absolute Gasteiger partial charge is 0.231 e. The van der Waals surface area contributed by atoms with Crippen LogP contribution in [0, 0.1) is 5.92 Å². The second-order valence-electron chi connectivity index (χ2n) is 6.42. The summed E-state index contributed by atoms with van der Waals surface area (Å²) >= 11 is 0. The summed E-state index contributed by atoms with van der Waals surface area (Å²) in [6.45, 7) is 2.70. The second-order valence-corrected chi connectivity index (χ2v) is 8.68. The lowest BCUT2D eigenvalue weighted by molar-refractivity contribution is -0.117. The van der Waals surface area contributed by atoms with Crippen LogP contribution < -0.4 is 19.5 Å². The Kier molecular flexibility index (Phi) is 5.57. The molecule has 0 aliphatic carbocycles. The average molecular weight is 384 g/mol. The Labute approximate surface area is 153 Å². The summed E-state index contributed by atoms with van der Waals surface area (Å²) in [6.07, 6.45) is 1.86. The minimum atomic E-state index is -3.22. The summed E-state index contributed by atoms with van der Waals surface area (Å²) in [6, 6.07) is 3.35. The number of nitrogens with zero attached hydrogens (tertiary/aromatic N) is 1. The number of piperidine rings is 1. The first-order chi connectivity index (χ1) is 12.4. The molecular weight excluding hydrogens is 360 g/mol. The number of anilines is 1. The van der Waals surface area contributed by atoms with Gasteiger partial charge in [-0.05, 0) is 25.7 Å². The van der Waals surface area contributed by atoms with Gasteiger partial charge in [0.1, 0.15) is 5.75 Å². The summed E-state index contributed by atoms with van der Waals surface area (Å²) in [4.78, 5) is 12.5. The maximum Gasteiger partial charge on any atom is 0.231 e. The van der Waals surface area contributed by atoms with Crippen molar-refractivity contribution in [2.75, 3.05) is 38.1 Å². The maximum atomic E-state index is 12.5. The molecule has 1 atom stereocenters. The Morgan fingerprint density at radius 1 is 1.35 bits per heavy atom. The van der Waals surface area contributed by atoms with Crippen molar-refractivity contribution >= 4 is 21.6 Å². The number of benzene rings is 1. The fourth-order valence-corrected chi connectivity index (χ4v) is 4.49. The van der Waals surface area contributed by atoms with E-state index in [9.17, 15) is 13.2 Å². The minimum Gasteiger partial charge on any atom is -0.494 e. The number of fused-ring (bicyclic) bond motifs is 1. The van der Waals surface area contributed by atoms with Crippen molar-refractivity contribution in [1.29, 1.82) is 0 Å². The van der Waals surface area contributed by atoms with Gasteiger partial charge in [0, 0.05) is 31.6 Å². The summed E-state index contributed by atoms with van der Waals surface area (Å²) in [5.74, 6) is 1.53. The molecule has 0 aromatic heterocycles. The lowest BCUT2D eigenvalue weighted by Gasteiger charge is -2.31. The van der Waals surface area contributed by atoms with Crippen molar-refractivity contribution in [2.45, 2.75) is 26.2 Å². The van der Waals surface area contributed by atoms with Crippen LogP contribution in [-0.4, -0.2) is 51.4 Å². The third-order valence-corrected chi connectivity index (χ3v) is 6.53. The number of carbonyl (C=O) groups is 1. The molecule has 1 saturated heterocycles. The van der Waals surface area contributed by atoms with Crippen LogP contribution in [0.25, 0.3) is 0 Å². The first-order valence-corrected chi connectivity index (χ1v) is 10.3. The molecule has 0 radical (unpaired) electrons. The zero-order chi connectivity index (χ0) is 18.7. The van der Waals surface area contributed by atoms with Gasteiger partial charge in [-0.15, -0.1) is 0 Å². The zero-order valence-electron chi connectivity index (χ0n) is 15.0. The number of nitrogens with one attached hydrogen (secondary N) is 1. The molecule has 2 aliphatic heterocycles. The predicted molar refractivity (Wildman–Crippen MR) is 96.1 cm³/mol. The molecule has 1 amide bonds. The van der Waals surface area contributed by atoms with Crippen LogP contribution >= 0.6 is 0 Å². The Balaban J connectivity index is 1.64. The molecule has 0 spiro atoms. The van der Waals surface area contributed by atoms with E-state index in [4.69, 9.17) is 14.2 Å². The van der Waals surface area contributed by atoms with E-state index in [0.29, 0.717) is 36.0 Å². The standard InChI is InChI=1S/C17H24N2O6S/c1-3-26(21,22)19-6-4-5-12(10-19)7-17(20)18-13-8-15-16(25-11-24-15)9-14(13)23-2/h8-9,12H,3-7,10-11H2,1-2H3,(H,18,20). The first kappa shape index (κ1) is 18.8. The number of hydrogen-bond donors (Lipinski definition) is 1. The van der Waals surface area contributed by atoms with Crippen LogP contribution in [0.4, 0.5) is 5.69 Å². The van der Waals surface area contributed by atoms with Crippen molar-refractivity contribution in [1.82, 2.24) is 4.31 Å². The predicted octanol–water partition coefficient (Wildman–Crippen LogP) is 1.81. The topological polar surface area (TPSA) is 94.2 Å². The summed E-state index contributed by atoms with van der Waals surface area (Å²) in [5.41, 5.74) is 0.510. The molecule has 1 fully saturated rings. The summed E-state index contributed by atoms with van der Waals surface area (Å²) in [5, 5.41) is 2.84. The molecule has 0 bridgehead atoms. The number of amides is 1. The summed E-state index contributed by atoms with van der Waals surface area (Å²) in [7, 11) is -1.70. The van der Waals surface area contributed by atoms with Crippen molar-refractivity contribution in [3.8, 4) is 17.2 Å². The molecule has 1 aromatic carbocycles. The molecule has 1 N–H and O–H groups in total. The minimum absolute atomic E-state index is 0.00470. The molecule has 3 rings (SSSR count). The normalized spacial score (nSPS) is 20.0. The largest absolute Gasteiger partial charge is 0.494 e. The number of carbonyl (C=O) groups excluding carboxylic acids is 1. The lowest BCUT2D eigenvalue weighted by Crippen LogP contribution is -2.41. The van der Waals surface area contributed by atoms with Crippen LogP contribution in [-0.2, 0) is 14.8 Å². The highest BCUT2D eigenvalue weighted by molar-refractivity contribution is 7.89. The van der Waals surface area contributed by atoms with Gasteiger partial charge in [-0.3, -0.25) is 4.79 Å².